The molecule has 0 unspecified atom stereocenters. The van der Waals surface area contributed by atoms with E-state index in [1.807, 2.05) is 0 Å². The Morgan fingerprint density at radius 3 is 2.47 bits per heavy atom. The van der Waals surface area contributed by atoms with Gasteiger partial charge in [0.1, 0.15) is 11.5 Å². The smallest absolute Gasteiger partial charge is 0.352 e. The zero-order valence-corrected chi connectivity index (χ0v) is 7.78. The van der Waals surface area contributed by atoms with Gasteiger partial charge in [-0.1, -0.05) is 19.2 Å². The first-order chi connectivity index (χ1) is 6.97. The average Bonchev–Trinajstić information content (AvgIpc) is 2.16. The predicted octanol–water partition coefficient (Wildman–Crippen LogP) is 1.24. The predicted molar refractivity (Wildman–Crippen MR) is 55.8 cm³/mol. The van der Waals surface area contributed by atoms with E-state index >= 15 is 0 Å². The molecule has 0 aliphatic carbocycles. The van der Waals surface area contributed by atoms with Crippen LogP contribution in [0.2, 0.25) is 0 Å². The van der Waals surface area contributed by atoms with Crippen LogP contribution in [0.1, 0.15) is 21.7 Å². The molecule has 1 aromatic rings. The maximum Gasteiger partial charge on any atom is 0.352 e. The molecule has 3 N–H and O–H groups in total. The monoisotopic (exact) mass is 207 g/mol. The lowest BCUT2D eigenvalue weighted by Crippen LogP contribution is -2.14. The third kappa shape index (κ3) is 1.96. The summed E-state index contributed by atoms with van der Waals surface area (Å²) >= 11 is 0. The zero-order valence-electron chi connectivity index (χ0n) is 7.78. The van der Waals surface area contributed by atoms with Crippen LogP contribution < -0.4 is 5.43 Å². The molecule has 15 heavy (non-hydrogen) atoms. The van der Waals surface area contributed by atoms with Crippen LogP contribution in [0.15, 0.2) is 24.0 Å². The molecule has 0 saturated heterocycles. The molecule has 1 rings (SSSR count). The van der Waals surface area contributed by atoms with Crippen LogP contribution in [0.5, 0.6) is 0 Å². The van der Waals surface area contributed by atoms with E-state index in [2.05, 4.69) is 18.1 Å². The Kier molecular flexibility index (Phi) is 2.75. The molecule has 1 heterocycles. The number of carboxylic acids is 1. The van der Waals surface area contributed by atoms with Gasteiger partial charge in [-0.05, 0) is 0 Å². The van der Waals surface area contributed by atoms with Gasteiger partial charge in [0.25, 0.3) is 0 Å². The highest BCUT2D eigenvalue weighted by Crippen LogP contribution is 2.11. The molecular weight excluding hydrogens is 198 g/mol. The molecule has 0 fully saturated rings. The Labute approximate surface area is 85.0 Å². The molecule has 78 valence electrons. The van der Waals surface area contributed by atoms with Crippen molar-refractivity contribution in [2.75, 3.05) is 0 Å². The Hall–Kier alpha value is -2.30. The van der Waals surface area contributed by atoms with E-state index in [1.54, 1.807) is 0 Å². The minimum absolute atomic E-state index is 0.0325. The van der Waals surface area contributed by atoms with Crippen molar-refractivity contribution >= 4 is 17.8 Å². The Balaban J connectivity index is 3.60. The third-order valence-electron chi connectivity index (χ3n) is 1.79. The summed E-state index contributed by atoms with van der Waals surface area (Å²) in [6.45, 7) is 6.61. The van der Waals surface area contributed by atoms with Gasteiger partial charge < -0.3 is 15.2 Å². The van der Waals surface area contributed by atoms with Crippen molar-refractivity contribution in [2.24, 2.45) is 0 Å². The first-order valence-electron chi connectivity index (χ1n) is 3.98. The Bertz CT molecular complexity index is 499. The molecule has 0 aliphatic heterocycles. The van der Waals surface area contributed by atoms with Crippen molar-refractivity contribution in [3.8, 4) is 0 Å². The van der Waals surface area contributed by atoms with Crippen molar-refractivity contribution in [3.05, 3.63) is 46.4 Å². The first-order valence-corrected chi connectivity index (χ1v) is 3.98. The highest BCUT2D eigenvalue weighted by atomic mass is 16.4. The maximum absolute atomic E-state index is 11.4. The lowest BCUT2D eigenvalue weighted by atomic mass is 10.1. The second-order valence-electron chi connectivity index (χ2n) is 2.79. The van der Waals surface area contributed by atoms with E-state index in [-0.39, 0.29) is 17.0 Å². The van der Waals surface area contributed by atoms with E-state index in [0.29, 0.717) is 0 Å². The van der Waals surface area contributed by atoms with Crippen LogP contribution >= 0.6 is 0 Å². The van der Waals surface area contributed by atoms with Gasteiger partial charge in [-0.2, -0.15) is 0 Å². The molecule has 1 aromatic heterocycles. The topological polar surface area (TPSA) is 90.4 Å². The largest absolute Gasteiger partial charge is 0.506 e. The number of carbonyl (C=O) groups is 1. The number of hydrogen-bond acceptors (Lipinski definition) is 3. The number of carboxylic acid groups (broad SMARTS) is 1. The van der Waals surface area contributed by atoms with Gasteiger partial charge >= 0.3 is 5.97 Å². The fourth-order valence-electron chi connectivity index (χ4n) is 1.12. The van der Waals surface area contributed by atoms with Crippen molar-refractivity contribution in [2.45, 2.75) is 0 Å². The fraction of sp³-hybridized carbons (Fsp3) is 0. The maximum atomic E-state index is 11.4. The summed E-state index contributed by atoms with van der Waals surface area (Å²) in [6.07, 6.45) is 1.22. The lowest BCUT2D eigenvalue weighted by Gasteiger charge is -2.05. The van der Waals surface area contributed by atoms with Crippen LogP contribution in [-0.4, -0.2) is 21.2 Å². The third-order valence-corrected chi connectivity index (χ3v) is 1.79. The summed E-state index contributed by atoms with van der Waals surface area (Å²) < 4.78 is 0. The van der Waals surface area contributed by atoms with Crippen molar-refractivity contribution in [3.63, 3.8) is 0 Å². The van der Waals surface area contributed by atoms with Crippen molar-refractivity contribution in [1.29, 1.82) is 0 Å². The Morgan fingerprint density at radius 2 is 2.07 bits per heavy atom. The van der Waals surface area contributed by atoms with Gasteiger partial charge in [0.2, 0.25) is 0 Å². The van der Waals surface area contributed by atoms with E-state index < -0.39 is 17.2 Å². The first kappa shape index (κ1) is 10.8. The van der Waals surface area contributed by atoms with Crippen LogP contribution in [-0.2, 0) is 0 Å². The standard InChI is InChI=1S/C10H9NO4/c1-3-6-8(13)4-7(10(14)15)11-9(6)5(2)12/h3-4,12H,1-2H2,(H,11,13)(H,14,15). The molecule has 5 heteroatoms. The van der Waals surface area contributed by atoms with Gasteiger partial charge in [0.05, 0.1) is 5.69 Å². The lowest BCUT2D eigenvalue weighted by molar-refractivity contribution is 0.0690. The van der Waals surface area contributed by atoms with Gasteiger partial charge in [-0.15, -0.1) is 0 Å². The average molecular weight is 207 g/mol. The highest BCUT2D eigenvalue weighted by molar-refractivity contribution is 5.86. The number of aliphatic hydroxyl groups excluding tert-OH is 1. The minimum Gasteiger partial charge on any atom is -0.506 e. The molecule has 5 nitrogen and oxygen atoms in total. The number of aromatic carboxylic acids is 1. The summed E-state index contributed by atoms with van der Waals surface area (Å²) in [5.41, 5.74) is -0.787. The van der Waals surface area contributed by atoms with Crippen molar-refractivity contribution in [1.82, 2.24) is 4.98 Å². The fourth-order valence-corrected chi connectivity index (χ4v) is 1.12. The summed E-state index contributed by atoms with van der Waals surface area (Å²) in [5, 5.41) is 17.8. The van der Waals surface area contributed by atoms with Crippen LogP contribution in [0.3, 0.4) is 0 Å². The minimum atomic E-state index is -1.29. The van der Waals surface area contributed by atoms with E-state index in [1.165, 1.54) is 6.08 Å². The molecule has 0 aliphatic rings. The van der Waals surface area contributed by atoms with Crippen LogP contribution in [0.4, 0.5) is 0 Å². The zero-order chi connectivity index (χ0) is 11.6. The molecule has 0 bridgehead atoms. The Morgan fingerprint density at radius 1 is 1.47 bits per heavy atom. The molecule has 0 saturated carbocycles. The SMILES string of the molecule is C=Cc1c(C(=C)O)[nH]c(C(=O)O)cc1=O. The van der Waals surface area contributed by atoms with E-state index in [9.17, 15) is 9.59 Å². The quantitative estimate of drug-likeness (QED) is 0.650. The van der Waals surface area contributed by atoms with Crippen molar-refractivity contribution < 1.29 is 15.0 Å². The van der Waals surface area contributed by atoms with E-state index in [4.69, 9.17) is 10.2 Å². The van der Waals surface area contributed by atoms with Gasteiger partial charge in [0, 0.05) is 11.6 Å². The van der Waals surface area contributed by atoms with Crippen LogP contribution in [0.25, 0.3) is 11.8 Å². The number of hydrogen-bond donors (Lipinski definition) is 3. The summed E-state index contributed by atoms with van der Waals surface area (Å²) in [6, 6.07) is 0.922. The normalized spacial score (nSPS) is 9.60. The second kappa shape index (κ2) is 3.83. The summed E-state index contributed by atoms with van der Waals surface area (Å²) in [5.74, 6) is -1.70. The van der Waals surface area contributed by atoms with Gasteiger partial charge in [-0.25, -0.2) is 4.79 Å². The van der Waals surface area contributed by atoms with Gasteiger partial charge in [0.15, 0.2) is 5.43 Å². The molecule has 0 atom stereocenters. The summed E-state index contributed by atoms with van der Waals surface area (Å²) in [7, 11) is 0. The number of H-pyrrole nitrogens is 1. The van der Waals surface area contributed by atoms with E-state index in [0.717, 1.165) is 6.07 Å². The van der Waals surface area contributed by atoms with Crippen LogP contribution in [0, 0.1) is 0 Å². The number of aromatic nitrogens is 1. The molecule has 0 amide bonds. The van der Waals surface area contributed by atoms with Gasteiger partial charge in [-0.3, -0.25) is 4.79 Å². The molecular formula is C10H9NO4. The number of pyridine rings is 1. The number of aliphatic hydroxyl groups is 1. The molecule has 0 aromatic carbocycles. The molecule has 0 radical (unpaired) electrons. The number of nitrogens with one attached hydrogen (secondary N) is 1. The number of aromatic amines is 1. The summed E-state index contributed by atoms with van der Waals surface area (Å²) in [4.78, 5) is 24.4. The highest BCUT2D eigenvalue weighted by Gasteiger charge is 2.12. The second-order valence-corrected chi connectivity index (χ2v) is 2.79. The number of rotatable bonds is 3. The molecule has 0 spiro atoms.